The summed E-state index contributed by atoms with van der Waals surface area (Å²) in [6.07, 6.45) is 1.78. The molecule has 1 N–H and O–H groups in total. The molecule has 0 radical (unpaired) electrons. The number of amides is 1. The molecule has 0 saturated carbocycles. The van der Waals surface area contributed by atoms with E-state index >= 15 is 0 Å². The van der Waals surface area contributed by atoms with E-state index < -0.39 is 0 Å². The predicted octanol–water partition coefficient (Wildman–Crippen LogP) is 4.25. The number of hydrogen-bond acceptors (Lipinski definition) is 6. The second kappa shape index (κ2) is 8.52. The van der Waals surface area contributed by atoms with Crippen LogP contribution < -0.4 is 10.1 Å². The fraction of sp³-hybridized carbons (Fsp3) is 0.154. The highest BCUT2D eigenvalue weighted by molar-refractivity contribution is 9.10. The fourth-order valence-corrected chi connectivity index (χ4v) is 3.60. The predicted molar refractivity (Wildman–Crippen MR) is 94.1 cm³/mol. The number of carbonyl (C=O) groups excluding carboxylic acids is 1. The van der Waals surface area contributed by atoms with Gasteiger partial charge in [0, 0.05) is 10.2 Å². The van der Waals surface area contributed by atoms with Crippen molar-refractivity contribution in [3.8, 4) is 5.75 Å². The third kappa shape index (κ3) is 5.28. The highest BCUT2D eigenvalue weighted by Crippen LogP contribution is 2.28. The van der Waals surface area contributed by atoms with Gasteiger partial charge in [-0.3, -0.25) is 10.1 Å². The lowest BCUT2D eigenvalue weighted by Gasteiger charge is -2.07. The Kier molecular flexibility index (Phi) is 6.69. The van der Waals surface area contributed by atoms with Crippen molar-refractivity contribution in [1.29, 1.82) is 0 Å². The van der Waals surface area contributed by atoms with Gasteiger partial charge in [0.25, 0.3) is 5.91 Å². The highest BCUT2D eigenvalue weighted by atomic mass is 79.9. The van der Waals surface area contributed by atoms with Crippen LogP contribution in [0, 0.1) is 0 Å². The van der Waals surface area contributed by atoms with E-state index in [1.807, 2.05) is 0 Å². The molecule has 0 saturated heterocycles. The molecule has 9 heteroatoms. The van der Waals surface area contributed by atoms with Crippen molar-refractivity contribution in [1.82, 2.24) is 10.2 Å². The molecule has 1 heterocycles. The molecule has 0 atom stereocenters. The number of aromatic nitrogens is 2. The average molecular weight is 421 g/mol. The number of anilines is 1. The number of ether oxygens (including phenoxy) is 1. The van der Waals surface area contributed by atoms with Gasteiger partial charge in [0.2, 0.25) is 5.13 Å². The van der Waals surface area contributed by atoms with Gasteiger partial charge in [-0.15, -0.1) is 16.8 Å². The maximum absolute atomic E-state index is 11.8. The molecule has 0 bridgehead atoms. The molecule has 22 heavy (non-hydrogen) atoms. The normalized spacial score (nSPS) is 10.3. The van der Waals surface area contributed by atoms with Crippen LogP contribution in [-0.4, -0.2) is 28.5 Å². The van der Waals surface area contributed by atoms with Crippen molar-refractivity contribution in [2.24, 2.45) is 0 Å². The van der Waals surface area contributed by atoms with Crippen LogP contribution in [0.3, 0.4) is 0 Å². The van der Waals surface area contributed by atoms with E-state index in [4.69, 9.17) is 16.3 Å². The summed E-state index contributed by atoms with van der Waals surface area (Å²) in [5, 5.41) is 11.3. The number of nitrogens with zero attached hydrogens (tertiary/aromatic N) is 2. The zero-order chi connectivity index (χ0) is 15.9. The SMILES string of the molecule is C=CCSc1nnc(NC(=O)COc2ccc(Br)cc2Cl)s1. The Morgan fingerprint density at radius 1 is 1.55 bits per heavy atom. The van der Waals surface area contributed by atoms with E-state index in [-0.39, 0.29) is 12.5 Å². The standard InChI is InChI=1S/C13H11BrClN3O2S2/c1-2-5-21-13-18-17-12(22-13)16-11(19)7-20-10-4-3-8(14)6-9(10)15/h2-4,6H,1,5,7H2,(H,16,17,19). The molecule has 0 unspecified atom stereocenters. The smallest absolute Gasteiger partial charge is 0.264 e. The maximum atomic E-state index is 11.8. The number of rotatable bonds is 7. The Balaban J connectivity index is 1.85. The number of thioether (sulfide) groups is 1. The molecule has 0 fully saturated rings. The minimum Gasteiger partial charge on any atom is -0.482 e. The number of hydrogen-bond donors (Lipinski definition) is 1. The second-order valence-electron chi connectivity index (χ2n) is 3.88. The lowest BCUT2D eigenvalue weighted by molar-refractivity contribution is -0.118. The summed E-state index contributed by atoms with van der Waals surface area (Å²) < 4.78 is 6.98. The van der Waals surface area contributed by atoms with Crippen molar-refractivity contribution in [2.75, 3.05) is 17.7 Å². The summed E-state index contributed by atoms with van der Waals surface area (Å²) >= 11 is 12.1. The summed E-state index contributed by atoms with van der Waals surface area (Å²) in [5.74, 6) is 0.864. The van der Waals surface area contributed by atoms with Crippen LogP contribution >= 0.6 is 50.6 Å². The van der Waals surface area contributed by atoms with E-state index in [2.05, 4.69) is 38.0 Å². The molecule has 2 rings (SSSR count). The van der Waals surface area contributed by atoms with Crippen LogP contribution in [0.2, 0.25) is 5.02 Å². The monoisotopic (exact) mass is 419 g/mol. The number of nitrogens with one attached hydrogen (secondary N) is 1. The Morgan fingerprint density at radius 3 is 3.09 bits per heavy atom. The number of benzene rings is 1. The topological polar surface area (TPSA) is 64.1 Å². The maximum Gasteiger partial charge on any atom is 0.264 e. The van der Waals surface area contributed by atoms with Crippen LogP contribution in [0.5, 0.6) is 5.75 Å². The van der Waals surface area contributed by atoms with Gasteiger partial charge < -0.3 is 4.74 Å². The molecular weight excluding hydrogens is 410 g/mol. The lowest BCUT2D eigenvalue weighted by atomic mass is 10.3. The fourth-order valence-electron chi connectivity index (χ4n) is 1.34. The van der Waals surface area contributed by atoms with E-state index in [0.29, 0.717) is 15.9 Å². The quantitative estimate of drug-likeness (QED) is 0.412. The van der Waals surface area contributed by atoms with Gasteiger partial charge in [-0.1, -0.05) is 56.7 Å². The van der Waals surface area contributed by atoms with Gasteiger partial charge >= 0.3 is 0 Å². The third-order valence-corrected chi connectivity index (χ3v) is 4.99. The van der Waals surface area contributed by atoms with E-state index in [0.717, 1.165) is 14.6 Å². The summed E-state index contributed by atoms with van der Waals surface area (Å²) in [4.78, 5) is 11.8. The third-order valence-electron chi connectivity index (χ3n) is 2.23. The Hall–Kier alpha value is -1.09. The molecule has 1 aromatic carbocycles. The van der Waals surface area contributed by atoms with E-state index in [1.54, 1.807) is 24.3 Å². The van der Waals surface area contributed by atoms with Gasteiger partial charge in [-0.2, -0.15) is 0 Å². The highest BCUT2D eigenvalue weighted by Gasteiger charge is 2.10. The van der Waals surface area contributed by atoms with Crippen molar-refractivity contribution < 1.29 is 9.53 Å². The largest absolute Gasteiger partial charge is 0.482 e. The van der Waals surface area contributed by atoms with Crippen molar-refractivity contribution >= 4 is 61.7 Å². The zero-order valence-corrected chi connectivity index (χ0v) is 15.2. The Morgan fingerprint density at radius 2 is 2.36 bits per heavy atom. The number of carbonyl (C=O) groups is 1. The van der Waals surface area contributed by atoms with Gasteiger partial charge in [-0.05, 0) is 18.2 Å². The molecule has 1 amide bonds. The lowest BCUT2D eigenvalue weighted by Crippen LogP contribution is -2.20. The average Bonchev–Trinajstić information content (AvgIpc) is 2.91. The van der Waals surface area contributed by atoms with E-state index in [9.17, 15) is 4.79 Å². The van der Waals surface area contributed by atoms with Crippen LogP contribution in [0.25, 0.3) is 0 Å². The minimum absolute atomic E-state index is 0.157. The molecule has 0 aliphatic rings. The van der Waals surface area contributed by atoms with Crippen molar-refractivity contribution in [3.05, 3.63) is 40.3 Å². The molecule has 1 aromatic heterocycles. The Bertz CT molecular complexity index is 681. The first-order valence-electron chi connectivity index (χ1n) is 6.03. The molecule has 0 spiro atoms. The summed E-state index contributed by atoms with van der Waals surface area (Å²) in [6, 6.07) is 5.17. The first kappa shape index (κ1) is 17.3. The van der Waals surface area contributed by atoms with Gasteiger partial charge in [-0.25, -0.2) is 0 Å². The summed E-state index contributed by atoms with van der Waals surface area (Å²) in [5.41, 5.74) is 0. The molecule has 2 aromatic rings. The summed E-state index contributed by atoms with van der Waals surface area (Å²) in [6.45, 7) is 3.48. The van der Waals surface area contributed by atoms with Crippen LogP contribution in [0.15, 0.2) is 39.7 Å². The second-order valence-corrected chi connectivity index (χ2v) is 7.45. The summed E-state index contributed by atoms with van der Waals surface area (Å²) in [7, 11) is 0. The van der Waals surface area contributed by atoms with Gasteiger partial charge in [0.15, 0.2) is 10.9 Å². The molecular formula is C13H11BrClN3O2S2. The van der Waals surface area contributed by atoms with Crippen molar-refractivity contribution in [2.45, 2.75) is 4.34 Å². The first-order valence-corrected chi connectivity index (χ1v) is 9.00. The molecule has 5 nitrogen and oxygen atoms in total. The minimum atomic E-state index is -0.324. The molecule has 0 aliphatic carbocycles. The number of halogens is 2. The van der Waals surface area contributed by atoms with Crippen molar-refractivity contribution in [3.63, 3.8) is 0 Å². The zero-order valence-electron chi connectivity index (χ0n) is 11.2. The Labute approximate surface area is 149 Å². The van der Waals surface area contributed by atoms with Gasteiger partial charge in [0.1, 0.15) is 5.75 Å². The van der Waals surface area contributed by atoms with Gasteiger partial charge in [0.05, 0.1) is 5.02 Å². The first-order chi connectivity index (χ1) is 10.6. The van der Waals surface area contributed by atoms with Crippen LogP contribution in [0.1, 0.15) is 0 Å². The molecule has 0 aliphatic heterocycles. The van der Waals surface area contributed by atoms with Crippen LogP contribution in [0.4, 0.5) is 5.13 Å². The molecule has 116 valence electrons. The van der Waals surface area contributed by atoms with E-state index in [1.165, 1.54) is 23.1 Å². The van der Waals surface area contributed by atoms with Crippen LogP contribution in [-0.2, 0) is 4.79 Å².